The normalized spacial score (nSPS) is 34.3. The fraction of sp³-hybridized carbons (Fsp3) is 0.714. The summed E-state index contributed by atoms with van der Waals surface area (Å²) in [6.45, 7) is 3.45. The van der Waals surface area contributed by atoms with Crippen LogP contribution in [-0.4, -0.2) is 17.3 Å². The average Bonchev–Trinajstić information content (AvgIpc) is 2.17. The molecule has 0 aromatic rings. The van der Waals surface area contributed by atoms with Gasteiger partial charge >= 0.3 is 0 Å². The van der Waals surface area contributed by atoms with Crippen molar-refractivity contribution in [3.8, 4) is 0 Å². The van der Waals surface area contributed by atoms with Crippen molar-refractivity contribution in [1.29, 1.82) is 0 Å². The van der Waals surface area contributed by atoms with Crippen molar-refractivity contribution in [3.63, 3.8) is 0 Å². The third-order valence-electron chi connectivity index (χ3n) is 1.65. The number of rotatable bonds is 2. The molecule has 0 heterocycles. The molecule has 1 fully saturated rings. The van der Waals surface area contributed by atoms with Gasteiger partial charge in [-0.05, 0) is 12.8 Å². The van der Waals surface area contributed by atoms with Crippen LogP contribution in [0, 0.1) is 0 Å². The van der Waals surface area contributed by atoms with Crippen LogP contribution in [0.2, 0.25) is 0 Å². The van der Waals surface area contributed by atoms with Crippen LogP contribution >= 0.6 is 0 Å². The fourth-order valence-electron chi connectivity index (χ4n) is 1.18. The lowest BCUT2D eigenvalue weighted by molar-refractivity contribution is 0.121. The second-order valence-corrected chi connectivity index (χ2v) is 2.39. The zero-order valence-corrected chi connectivity index (χ0v) is 5.42. The van der Waals surface area contributed by atoms with E-state index in [9.17, 15) is 0 Å². The van der Waals surface area contributed by atoms with Gasteiger partial charge in [-0.2, -0.15) is 0 Å². The molecule has 2 nitrogen and oxygen atoms in total. The van der Waals surface area contributed by atoms with E-state index < -0.39 is 0 Å². The van der Waals surface area contributed by atoms with Gasteiger partial charge in [0.15, 0.2) is 0 Å². The van der Waals surface area contributed by atoms with Gasteiger partial charge in [0.2, 0.25) is 0 Å². The second-order valence-electron chi connectivity index (χ2n) is 2.39. The highest BCUT2D eigenvalue weighted by Gasteiger charge is 2.22. The Labute approximate surface area is 55.1 Å². The molecule has 2 heteroatoms. The van der Waals surface area contributed by atoms with E-state index in [0.29, 0.717) is 0 Å². The quantitative estimate of drug-likeness (QED) is 0.563. The van der Waals surface area contributed by atoms with Crippen molar-refractivity contribution in [1.82, 2.24) is 0 Å². The van der Waals surface area contributed by atoms with E-state index in [1.54, 1.807) is 0 Å². The monoisotopic (exact) mass is 128 g/mol. The van der Waals surface area contributed by atoms with Gasteiger partial charge in [-0.15, -0.1) is 0 Å². The summed E-state index contributed by atoms with van der Waals surface area (Å²) in [7, 11) is 0. The Morgan fingerprint density at radius 3 is 2.78 bits per heavy atom. The summed E-state index contributed by atoms with van der Waals surface area (Å²) in [4.78, 5) is 0. The average molecular weight is 128 g/mol. The third kappa shape index (κ3) is 1.72. The molecule has 0 spiro atoms. The Morgan fingerprint density at radius 1 is 1.56 bits per heavy atom. The molecule has 0 amide bonds. The number of hydrogen-bond acceptors (Lipinski definition) is 2. The molecule has 1 aliphatic rings. The molecule has 1 aliphatic carbocycles. The van der Waals surface area contributed by atoms with Crippen LogP contribution in [0.15, 0.2) is 12.8 Å². The molecule has 0 bridgehead atoms. The number of hydrogen-bond donors (Lipinski definition) is 1. The lowest BCUT2D eigenvalue weighted by atomic mass is 10.3. The van der Waals surface area contributed by atoms with Crippen LogP contribution < -0.4 is 0 Å². The molecule has 1 saturated carbocycles. The van der Waals surface area contributed by atoms with Gasteiger partial charge in [0.25, 0.3) is 0 Å². The molecule has 1 N–H and O–H groups in total. The topological polar surface area (TPSA) is 29.5 Å². The lowest BCUT2D eigenvalue weighted by Gasteiger charge is -2.06. The summed E-state index contributed by atoms with van der Waals surface area (Å²) in [5, 5.41) is 9.01. The van der Waals surface area contributed by atoms with E-state index in [0.717, 1.165) is 19.3 Å². The largest absolute Gasteiger partial charge is 0.499 e. The fourth-order valence-corrected chi connectivity index (χ4v) is 1.18. The maximum atomic E-state index is 9.01. The Bertz CT molecular complexity index is 101. The molecule has 2 atom stereocenters. The first-order valence-electron chi connectivity index (χ1n) is 3.27. The molecular weight excluding hydrogens is 116 g/mol. The Balaban J connectivity index is 2.21. The van der Waals surface area contributed by atoms with Crippen molar-refractivity contribution in [2.24, 2.45) is 0 Å². The highest BCUT2D eigenvalue weighted by molar-refractivity contribution is 4.76. The zero-order chi connectivity index (χ0) is 6.69. The summed E-state index contributed by atoms with van der Waals surface area (Å²) in [5.74, 6) is 0. The van der Waals surface area contributed by atoms with Gasteiger partial charge in [0.05, 0.1) is 12.4 Å². The van der Waals surface area contributed by atoms with Crippen LogP contribution in [-0.2, 0) is 4.74 Å². The van der Waals surface area contributed by atoms with Gasteiger partial charge in [0.1, 0.15) is 6.10 Å². The van der Waals surface area contributed by atoms with Gasteiger partial charge in [-0.25, -0.2) is 0 Å². The van der Waals surface area contributed by atoms with Crippen LogP contribution in [0.4, 0.5) is 0 Å². The van der Waals surface area contributed by atoms with Crippen LogP contribution in [0.1, 0.15) is 19.3 Å². The maximum absolute atomic E-state index is 9.01. The molecular formula is C7H12O2. The van der Waals surface area contributed by atoms with E-state index in [2.05, 4.69) is 6.58 Å². The highest BCUT2D eigenvalue weighted by Crippen LogP contribution is 2.21. The molecule has 1 rings (SSSR count). The van der Waals surface area contributed by atoms with E-state index in [1.165, 1.54) is 6.26 Å². The maximum Gasteiger partial charge on any atom is 0.100 e. The summed E-state index contributed by atoms with van der Waals surface area (Å²) < 4.78 is 5.08. The smallest absolute Gasteiger partial charge is 0.100 e. The lowest BCUT2D eigenvalue weighted by Crippen LogP contribution is -2.05. The van der Waals surface area contributed by atoms with Gasteiger partial charge in [-0.3, -0.25) is 0 Å². The van der Waals surface area contributed by atoms with Crippen molar-refractivity contribution in [3.05, 3.63) is 12.8 Å². The predicted octanol–water partition coefficient (Wildman–Crippen LogP) is 1.06. The van der Waals surface area contributed by atoms with Crippen molar-refractivity contribution >= 4 is 0 Å². The first kappa shape index (κ1) is 6.62. The van der Waals surface area contributed by atoms with E-state index in [4.69, 9.17) is 9.84 Å². The van der Waals surface area contributed by atoms with Crippen LogP contribution in [0.3, 0.4) is 0 Å². The second kappa shape index (κ2) is 2.87. The number of aliphatic hydroxyl groups is 1. The predicted molar refractivity (Wildman–Crippen MR) is 34.9 cm³/mol. The molecule has 9 heavy (non-hydrogen) atoms. The van der Waals surface area contributed by atoms with Crippen molar-refractivity contribution in [2.75, 3.05) is 0 Å². The Kier molecular flexibility index (Phi) is 2.11. The molecule has 0 aromatic carbocycles. The molecule has 52 valence electrons. The summed E-state index contributed by atoms with van der Waals surface area (Å²) in [6.07, 6.45) is 4.13. The summed E-state index contributed by atoms with van der Waals surface area (Å²) >= 11 is 0. The third-order valence-corrected chi connectivity index (χ3v) is 1.65. The van der Waals surface area contributed by atoms with Crippen LogP contribution in [0.25, 0.3) is 0 Å². The van der Waals surface area contributed by atoms with E-state index >= 15 is 0 Å². The number of aliphatic hydroxyl groups excluding tert-OH is 1. The van der Waals surface area contributed by atoms with Crippen molar-refractivity contribution in [2.45, 2.75) is 31.5 Å². The highest BCUT2D eigenvalue weighted by atomic mass is 16.5. The minimum absolute atomic E-state index is 0.144. The van der Waals surface area contributed by atoms with Crippen LogP contribution in [0.5, 0.6) is 0 Å². The van der Waals surface area contributed by atoms with Gasteiger partial charge in [-0.1, -0.05) is 6.58 Å². The minimum atomic E-state index is -0.144. The Hall–Kier alpha value is -0.500. The SMILES string of the molecule is C=COC1CCC(O)C1. The van der Waals surface area contributed by atoms with Gasteiger partial charge < -0.3 is 9.84 Å². The Morgan fingerprint density at radius 2 is 2.33 bits per heavy atom. The first-order valence-corrected chi connectivity index (χ1v) is 3.27. The zero-order valence-electron chi connectivity index (χ0n) is 5.42. The molecule has 2 unspecified atom stereocenters. The molecule has 0 saturated heterocycles. The van der Waals surface area contributed by atoms with E-state index in [-0.39, 0.29) is 12.2 Å². The molecule has 0 aliphatic heterocycles. The minimum Gasteiger partial charge on any atom is -0.499 e. The van der Waals surface area contributed by atoms with Crippen molar-refractivity contribution < 1.29 is 9.84 Å². The molecule has 0 aromatic heterocycles. The van der Waals surface area contributed by atoms with E-state index in [1.807, 2.05) is 0 Å². The molecule has 0 radical (unpaired) electrons. The standard InChI is InChI=1S/C7H12O2/c1-2-9-7-4-3-6(8)5-7/h2,6-8H,1,3-5H2. The first-order chi connectivity index (χ1) is 4.33. The van der Waals surface area contributed by atoms with Gasteiger partial charge in [0, 0.05) is 6.42 Å². The summed E-state index contributed by atoms with van der Waals surface area (Å²) in [6, 6.07) is 0. The summed E-state index contributed by atoms with van der Waals surface area (Å²) in [5.41, 5.74) is 0. The number of ether oxygens (including phenoxy) is 1.